The third-order valence-electron chi connectivity index (χ3n) is 2.64. The Balaban J connectivity index is 2.09. The number of benzene rings is 1. The molecule has 0 atom stereocenters. The van der Waals surface area contributed by atoms with Gasteiger partial charge in [-0.3, -0.25) is 4.79 Å². The highest BCUT2D eigenvalue weighted by Gasteiger charge is 2.12. The fourth-order valence-electron chi connectivity index (χ4n) is 1.73. The van der Waals surface area contributed by atoms with Crippen molar-refractivity contribution in [2.24, 2.45) is 5.73 Å². The highest BCUT2D eigenvalue weighted by molar-refractivity contribution is 6.32. The first-order valence-electron chi connectivity index (χ1n) is 6.56. The van der Waals surface area contributed by atoms with Gasteiger partial charge in [-0.1, -0.05) is 11.6 Å². The number of halogens is 1. The van der Waals surface area contributed by atoms with E-state index in [4.69, 9.17) is 26.5 Å². The van der Waals surface area contributed by atoms with Gasteiger partial charge in [0.2, 0.25) is 0 Å². The Morgan fingerprint density at radius 2 is 2.14 bits per heavy atom. The van der Waals surface area contributed by atoms with Crippen molar-refractivity contribution in [3.05, 3.63) is 46.9 Å². The first kappa shape index (κ1) is 15.4. The van der Waals surface area contributed by atoms with Crippen LogP contribution in [0.25, 0.3) is 0 Å². The van der Waals surface area contributed by atoms with Crippen LogP contribution in [0.2, 0.25) is 5.02 Å². The maximum absolute atomic E-state index is 12.0. The van der Waals surface area contributed by atoms with E-state index >= 15 is 0 Å². The summed E-state index contributed by atoms with van der Waals surface area (Å²) in [7, 11) is 0. The van der Waals surface area contributed by atoms with Crippen LogP contribution in [0.4, 0.5) is 5.69 Å². The van der Waals surface area contributed by atoms with Crippen LogP contribution >= 0.6 is 11.6 Å². The van der Waals surface area contributed by atoms with Crippen molar-refractivity contribution in [1.29, 1.82) is 0 Å². The van der Waals surface area contributed by atoms with Gasteiger partial charge < -0.3 is 20.2 Å². The molecule has 2 aromatic rings. The van der Waals surface area contributed by atoms with Gasteiger partial charge in [0.25, 0.3) is 5.91 Å². The molecule has 0 spiro atoms. The van der Waals surface area contributed by atoms with Crippen LogP contribution in [-0.2, 0) is 6.54 Å². The standard InChI is InChI=1S/C15H17ClN2O3/c1-9(2)20-13-5-3-10(7-12(13)16)18-15(19)14-6-4-11(8-17)21-14/h3-7,9H,8,17H2,1-2H3,(H,18,19). The third kappa shape index (κ3) is 4.00. The molecule has 3 N–H and O–H groups in total. The molecule has 2 rings (SSSR count). The van der Waals surface area contributed by atoms with Crippen molar-refractivity contribution in [2.45, 2.75) is 26.5 Å². The van der Waals surface area contributed by atoms with Crippen molar-refractivity contribution in [1.82, 2.24) is 0 Å². The summed E-state index contributed by atoms with van der Waals surface area (Å²) in [6.07, 6.45) is 0.0285. The van der Waals surface area contributed by atoms with Crippen molar-refractivity contribution < 1.29 is 13.9 Å². The number of amides is 1. The van der Waals surface area contributed by atoms with E-state index in [9.17, 15) is 4.79 Å². The van der Waals surface area contributed by atoms with Gasteiger partial charge in [-0.15, -0.1) is 0 Å². The maximum atomic E-state index is 12.0. The summed E-state index contributed by atoms with van der Waals surface area (Å²) in [4.78, 5) is 12.0. The highest BCUT2D eigenvalue weighted by atomic mass is 35.5. The zero-order valence-corrected chi connectivity index (χ0v) is 12.6. The molecule has 1 aromatic carbocycles. The quantitative estimate of drug-likeness (QED) is 0.887. The van der Waals surface area contributed by atoms with Crippen LogP contribution < -0.4 is 15.8 Å². The van der Waals surface area contributed by atoms with E-state index in [1.807, 2.05) is 13.8 Å². The van der Waals surface area contributed by atoms with Gasteiger partial charge in [0.15, 0.2) is 5.76 Å². The number of carbonyl (C=O) groups excluding carboxylic acids is 1. The summed E-state index contributed by atoms with van der Waals surface area (Å²) < 4.78 is 10.8. The van der Waals surface area contributed by atoms with E-state index < -0.39 is 0 Å². The zero-order chi connectivity index (χ0) is 15.4. The summed E-state index contributed by atoms with van der Waals surface area (Å²) in [5.74, 6) is 0.976. The zero-order valence-electron chi connectivity index (χ0n) is 11.9. The molecule has 112 valence electrons. The molecule has 0 aliphatic carbocycles. The molecule has 0 aliphatic heterocycles. The second-order valence-corrected chi connectivity index (χ2v) is 5.14. The first-order chi connectivity index (χ1) is 9.99. The second kappa shape index (κ2) is 6.65. The second-order valence-electron chi connectivity index (χ2n) is 4.74. The van der Waals surface area contributed by atoms with E-state index in [0.29, 0.717) is 22.2 Å². The van der Waals surface area contributed by atoms with Gasteiger partial charge in [0.05, 0.1) is 17.7 Å². The van der Waals surface area contributed by atoms with E-state index in [1.54, 1.807) is 30.3 Å². The number of hydrogen-bond donors (Lipinski definition) is 2. The van der Waals surface area contributed by atoms with Crippen LogP contribution in [-0.4, -0.2) is 12.0 Å². The summed E-state index contributed by atoms with van der Waals surface area (Å²) >= 11 is 6.11. The van der Waals surface area contributed by atoms with Gasteiger partial charge in [-0.2, -0.15) is 0 Å². The lowest BCUT2D eigenvalue weighted by atomic mass is 10.3. The molecule has 6 heteroatoms. The number of anilines is 1. The van der Waals surface area contributed by atoms with Gasteiger partial charge in [-0.05, 0) is 44.2 Å². The molecule has 0 radical (unpaired) electrons. The first-order valence-corrected chi connectivity index (χ1v) is 6.93. The van der Waals surface area contributed by atoms with Crippen molar-refractivity contribution in [3.8, 4) is 5.75 Å². The van der Waals surface area contributed by atoms with Gasteiger partial charge in [0.1, 0.15) is 11.5 Å². The number of rotatable bonds is 5. The number of ether oxygens (including phenoxy) is 1. The molecule has 1 heterocycles. The molecular weight excluding hydrogens is 292 g/mol. The average molecular weight is 309 g/mol. The van der Waals surface area contributed by atoms with Crippen LogP contribution in [0, 0.1) is 0 Å². The van der Waals surface area contributed by atoms with Gasteiger partial charge in [-0.25, -0.2) is 0 Å². The molecule has 21 heavy (non-hydrogen) atoms. The predicted molar refractivity (Wildman–Crippen MR) is 81.8 cm³/mol. The predicted octanol–water partition coefficient (Wildman–Crippen LogP) is 3.43. The average Bonchev–Trinajstić information content (AvgIpc) is 2.90. The lowest BCUT2D eigenvalue weighted by Gasteiger charge is -2.12. The number of furan rings is 1. The van der Waals surface area contributed by atoms with E-state index in [1.165, 1.54) is 0 Å². The highest BCUT2D eigenvalue weighted by Crippen LogP contribution is 2.28. The normalized spacial score (nSPS) is 10.7. The van der Waals surface area contributed by atoms with Crippen LogP contribution in [0.3, 0.4) is 0 Å². The Morgan fingerprint density at radius 1 is 1.38 bits per heavy atom. The lowest BCUT2D eigenvalue weighted by Crippen LogP contribution is -2.11. The molecule has 0 saturated carbocycles. The SMILES string of the molecule is CC(C)Oc1ccc(NC(=O)c2ccc(CN)o2)cc1Cl. The van der Waals surface area contributed by atoms with Gasteiger partial charge >= 0.3 is 0 Å². The molecule has 0 fully saturated rings. The molecule has 1 aromatic heterocycles. The topological polar surface area (TPSA) is 77.5 Å². The van der Waals surface area contributed by atoms with E-state index in [2.05, 4.69) is 5.32 Å². The Bertz CT molecular complexity index is 638. The Morgan fingerprint density at radius 3 is 2.71 bits per heavy atom. The molecule has 0 aliphatic rings. The summed E-state index contributed by atoms with van der Waals surface area (Å²) in [6, 6.07) is 8.31. The molecule has 0 saturated heterocycles. The number of nitrogens with two attached hydrogens (primary N) is 1. The lowest BCUT2D eigenvalue weighted by molar-refractivity contribution is 0.0995. The number of hydrogen-bond acceptors (Lipinski definition) is 4. The van der Waals surface area contributed by atoms with Crippen LogP contribution in [0.15, 0.2) is 34.7 Å². The van der Waals surface area contributed by atoms with Crippen LogP contribution in [0.5, 0.6) is 5.75 Å². The fourth-order valence-corrected chi connectivity index (χ4v) is 1.96. The Labute approximate surface area is 128 Å². The minimum absolute atomic E-state index is 0.0285. The molecular formula is C15H17ClN2O3. The van der Waals surface area contributed by atoms with Crippen molar-refractivity contribution in [2.75, 3.05) is 5.32 Å². The van der Waals surface area contributed by atoms with Crippen LogP contribution in [0.1, 0.15) is 30.2 Å². The largest absolute Gasteiger partial charge is 0.489 e. The monoisotopic (exact) mass is 308 g/mol. The summed E-state index contributed by atoms with van der Waals surface area (Å²) in [6.45, 7) is 4.08. The summed E-state index contributed by atoms with van der Waals surface area (Å²) in [5.41, 5.74) is 6.00. The van der Waals surface area contributed by atoms with E-state index in [-0.39, 0.29) is 24.3 Å². The van der Waals surface area contributed by atoms with Crippen molar-refractivity contribution >= 4 is 23.2 Å². The number of carbonyl (C=O) groups is 1. The smallest absolute Gasteiger partial charge is 0.291 e. The molecule has 0 unspecified atom stereocenters. The van der Waals surface area contributed by atoms with E-state index in [0.717, 1.165) is 0 Å². The Kier molecular flexibility index (Phi) is 4.88. The Hall–Kier alpha value is -1.98. The molecule has 5 nitrogen and oxygen atoms in total. The van der Waals surface area contributed by atoms with Crippen molar-refractivity contribution in [3.63, 3.8) is 0 Å². The maximum Gasteiger partial charge on any atom is 0.291 e. The third-order valence-corrected chi connectivity index (χ3v) is 2.93. The fraction of sp³-hybridized carbons (Fsp3) is 0.267. The van der Waals surface area contributed by atoms with Gasteiger partial charge in [0, 0.05) is 5.69 Å². The minimum atomic E-state index is -0.358. The number of nitrogens with one attached hydrogen (secondary N) is 1. The minimum Gasteiger partial charge on any atom is -0.489 e. The molecule has 1 amide bonds. The summed E-state index contributed by atoms with van der Waals surface area (Å²) in [5, 5.41) is 3.14. The molecule has 0 bridgehead atoms.